The predicted octanol–water partition coefficient (Wildman–Crippen LogP) is 2.79. The van der Waals surface area contributed by atoms with E-state index < -0.39 is 6.43 Å². The highest BCUT2D eigenvalue weighted by Crippen LogP contribution is 2.39. The van der Waals surface area contributed by atoms with Gasteiger partial charge >= 0.3 is 0 Å². The molecule has 0 spiro atoms. The van der Waals surface area contributed by atoms with E-state index in [4.69, 9.17) is 0 Å². The van der Waals surface area contributed by atoms with Crippen LogP contribution in [0.3, 0.4) is 0 Å². The molecular formula is C13H18ClF2N5. The van der Waals surface area contributed by atoms with Gasteiger partial charge in [0.1, 0.15) is 12.4 Å². The summed E-state index contributed by atoms with van der Waals surface area (Å²) in [4.78, 5) is 0. The average molecular weight is 318 g/mol. The van der Waals surface area contributed by atoms with Crippen molar-refractivity contribution in [2.75, 3.05) is 5.32 Å². The monoisotopic (exact) mass is 317 g/mol. The number of anilines is 1. The lowest BCUT2D eigenvalue weighted by atomic mass is 10.3. The summed E-state index contributed by atoms with van der Waals surface area (Å²) < 4.78 is 27.5. The number of nitrogens with zero attached hydrogens (tertiary/aromatic N) is 4. The Morgan fingerprint density at radius 2 is 2.19 bits per heavy atom. The molecule has 0 unspecified atom stereocenters. The van der Waals surface area contributed by atoms with Gasteiger partial charge in [0, 0.05) is 37.3 Å². The van der Waals surface area contributed by atoms with Crippen LogP contribution in [0.4, 0.5) is 14.6 Å². The highest BCUT2D eigenvalue weighted by molar-refractivity contribution is 5.85. The number of nitrogens with one attached hydrogen (secondary N) is 1. The molecule has 0 aromatic carbocycles. The number of aromatic nitrogens is 4. The van der Waals surface area contributed by atoms with Crippen LogP contribution in [-0.2, 0) is 20.1 Å². The van der Waals surface area contributed by atoms with Crippen LogP contribution in [-0.4, -0.2) is 26.0 Å². The molecule has 0 atom stereocenters. The number of alkyl halides is 2. The molecule has 3 rings (SSSR count). The second-order valence-corrected chi connectivity index (χ2v) is 5.17. The second-order valence-electron chi connectivity index (χ2n) is 5.17. The fourth-order valence-electron chi connectivity index (χ4n) is 2.17. The van der Waals surface area contributed by atoms with Crippen molar-refractivity contribution >= 4 is 18.2 Å². The van der Waals surface area contributed by atoms with Gasteiger partial charge in [-0.25, -0.2) is 8.78 Å². The van der Waals surface area contributed by atoms with Gasteiger partial charge in [-0.05, 0) is 12.8 Å². The molecule has 5 nitrogen and oxygen atoms in total. The quantitative estimate of drug-likeness (QED) is 0.891. The number of halogens is 3. The normalized spacial score (nSPS) is 14.3. The van der Waals surface area contributed by atoms with Crippen LogP contribution in [0, 0.1) is 0 Å². The lowest BCUT2D eigenvalue weighted by molar-refractivity contribution is 0.122. The van der Waals surface area contributed by atoms with Gasteiger partial charge in [0.2, 0.25) is 0 Å². The van der Waals surface area contributed by atoms with E-state index in [0.29, 0.717) is 12.5 Å². The molecular weight excluding hydrogens is 300 g/mol. The largest absolute Gasteiger partial charge is 0.366 e. The molecule has 2 aromatic rings. The van der Waals surface area contributed by atoms with Crippen LogP contribution in [0.15, 0.2) is 18.5 Å². The van der Waals surface area contributed by atoms with Crippen molar-refractivity contribution in [1.29, 1.82) is 0 Å². The zero-order chi connectivity index (χ0) is 14.1. The van der Waals surface area contributed by atoms with Gasteiger partial charge in [-0.1, -0.05) is 0 Å². The smallest absolute Gasteiger partial charge is 0.257 e. The maximum Gasteiger partial charge on any atom is 0.257 e. The van der Waals surface area contributed by atoms with Crippen molar-refractivity contribution in [2.24, 2.45) is 7.05 Å². The van der Waals surface area contributed by atoms with Crippen molar-refractivity contribution < 1.29 is 8.78 Å². The van der Waals surface area contributed by atoms with Crippen molar-refractivity contribution in [3.8, 4) is 0 Å². The lowest BCUT2D eigenvalue weighted by Gasteiger charge is -2.04. The molecule has 2 heterocycles. The summed E-state index contributed by atoms with van der Waals surface area (Å²) in [7, 11) is 1.90. The Morgan fingerprint density at radius 1 is 1.43 bits per heavy atom. The third-order valence-corrected chi connectivity index (χ3v) is 3.38. The van der Waals surface area contributed by atoms with Gasteiger partial charge in [0.15, 0.2) is 0 Å². The maximum atomic E-state index is 12.2. The molecule has 0 aliphatic heterocycles. The maximum absolute atomic E-state index is 12.2. The highest BCUT2D eigenvalue weighted by atomic mass is 35.5. The third-order valence-electron chi connectivity index (χ3n) is 3.38. The molecule has 8 heteroatoms. The molecule has 116 valence electrons. The summed E-state index contributed by atoms with van der Waals surface area (Å²) in [6.45, 7) is 0.185. The molecule has 1 N–H and O–H groups in total. The Morgan fingerprint density at radius 3 is 2.86 bits per heavy atom. The first-order chi connectivity index (χ1) is 9.61. The minimum Gasteiger partial charge on any atom is -0.366 e. The van der Waals surface area contributed by atoms with Crippen molar-refractivity contribution in [1.82, 2.24) is 19.6 Å². The molecule has 0 radical (unpaired) electrons. The Hall–Kier alpha value is -1.63. The average Bonchev–Trinajstić information content (AvgIpc) is 3.04. The van der Waals surface area contributed by atoms with Crippen LogP contribution in [0.5, 0.6) is 0 Å². The van der Waals surface area contributed by atoms with Crippen LogP contribution in [0.1, 0.15) is 30.0 Å². The summed E-state index contributed by atoms with van der Waals surface area (Å²) in [5.74, 6) is 1.55. The topological polar surface area (TPSA) is 47.7 Å². The first-order valence-corrected chi connectivity index (χ1v) is 6.69. The molecule has 1 aliphatic carbocycles. The molecule has 2 aromatic heterocycles. The van der Waals surface area contributed by atoms with E-state index in [-0.39, 0.29) is 19.0 Å². The van der Waals surface area contributed by atoms with E-state index in [1.54, 1.807) is 12.4 Å². The third kappa shape index (κ3) is 3.93. The zero-order valence-electron chi connectivity index (χ0n) is 11.7. The van der Waals surface area contributed by atoms with E-state index in [9.17, 15) is 8.78 Å². The summed E-state index contributed by atoms with van der Waals surface area (Å²) in [5, 5.41) is 11.6. The predicted molar refractivity (Wildman–Crippen MR) is 78.0 cm³/mol. The van der Waals surface area contributed by atoms with Gasteiger partial charge in [-0.2, -0.15) is 10.2 Å². The van der Waals surface area contributed by atoms with Gasteiger partial charge in [-0.15, -0.1) is 12.4 Å². The zero-order valence-corrected chi connectivity index (χ0v) is 12.5. The Bertz CT molecular complexity index is 591. The van der Waals surface area contributed by atoms with E-state index in [1.807, 2.05) is 11.7 Å². The minimum absolute atomic E-state index is 0. The summed E-state index contributed by atoms with van der Waals surface area (Å²) in [5.41, 5.74) is 2.00. The van der Waals surface area contributed by atoms with Gasteiger partial charge in [-0.3, -0.25) is 9.36 Å². The highest BCUT2D eigenvalue weighted by Gasteiger charge is 2.26. The van der Waals surface area contributed by atoms with Gasteiger partial charge in [0.05, 0.1) is 11.9 Å². The van der Waals surface area contributed by atoms with Crippen LogP contribution < -0.4 is 5.32 Å². The number of hydrogen-bond donors (Lipinski definition) is 1. The van der Waals surface area contributed by atoms with Gasteiger partial charge in [0.25, 0.3) is 6.43 Å². The standard InChI is InChI=1S/C13H17F2N5.ClH/c1-19-13(4-11(18-19)10-2-3-10)16-5-9-6-17-20(7-9)8-12(14)15;/h4,6-7,10,12,16H,2-3,5,8H2,1H3;1H. The first kappa shape index (κ1) is 15.8. The fraction of sp³-hybridized carbons (Fsp3) is 0.538. The first-order valence-electron chi connectivity index (χ1n) is 6.69. The van der Waals surface area contributed by atoms with E-state index in [0.717, 1.165) is 17.1 Å². The Labute approximate surface area is 127 Å². The second kappa shape index (κ2) is 6.43. The van der Waals surface area contributed by atoms with Gasteiger partial charge < -0.3 is 5.32 Å². The molecule has 0 saturated heterocycles. The van der Waals surface area contributed by atoms with Crippen molar-refractivity contribution in [3.63, 3.8) is 0 Å². The number of rotatable bonds is 6. The van der Waals surface area contributed by atoms with Crippen molar-refractivity contribution in [3.05, 3.63) is 29.7 Å². The van der Waals surface area contributed by atoms with Crippen LogP contribution in [0.2, 0.25) is 0 Å². The summed E-state index contributed by atoms with van der Waals surface area (Å²) in [6, 6.07) is 2.06. The van der Waals surface area contributed by atoms with Crippen LogP contribution in [0.25, 0.3) is 0 Å². The summed E-state index contributed by atoms with van der Waals surface area (Å²) in [6.07, 6.45) is 3.30. The van der Waals surface area contributed by atoms with E-state index in [1.165, 1.54) is 17.5 Å². The molecule has 1 fully saturated rings. The van der Waals surface area contributed by atoms with Crippen LogP contribution >= 0.6 is 12.4 Å². The summed E-state index contributed by atoms with van der Waals surface area (Å²) >= 11 is 0. The van der Waals surface area contributed by atoms with E-state index in [2.05, 4.69) is 21.6 Å². The Balaban J connectivity index is 0.00000161. The minimum atomic E-state index is -2.38. The molecule has 21 heavy (non-hydrogen) atoms. The molecule has 0 bridgehead atoms. The Kier molecular flexibility index (Phi) is 4.82. The molecule has 1 aliphatic rings. The van der Waals surface area contributed by atoms with Crippen molar-refractivity contribution in [2.45, 2.75) is 38.3 Å². The number of aryl methyl sites for hydroxylation is 1. The fourth-order valence-corrected chi connectivity index (χ4v) is 2.17. The van der Waals surface area contributed by atoms with E-state index >= 15 is 0 Å². The lowest BCUT2D eigenvalue weighted by Crippen LogP contribution is -2.07. The molecule has 1 saturated carbocycles. The SMILES string of the molecule is Cl.Cn1nc(C2CC2)cc1NCc1cnn(CC(F)F)c1. The number of hydrogen-bond acceptors (Lipinski definition) is 3. The molecule has 0 amide bonds.